The van der Waals surface area contributed by atoms with Gasteiger partial charge in [-0.15, -0.1) is 0 Å². The maximum Gasteiger partial charge on any atom is 0.306 e. The lowest BCUT2D eigenvalue weighted by Crippen LogP contribution is -2.30. The van der Waals surface area contributed by atoms with Crippen LogP contribution in [-0.2, 0) is 28.6 Å². The fourth-order valence-corrected chi connectivity index (χ4v) is 8.10. The molecule has 0 aliphatic heterocycles. The lowest BCUT2D eigenvalue weighted by molar-refractivity contribution is -0.167. The van der Waals surface area contributed by atoms with E-state index in [2.05, 4.69) is 34.6 Å². The van der Waals surface area contributed by atoms with E-state index >= 15 is 0 Å². The van der Waals surface area contributed by atoms with Crippen molar-refractivity contribution in [3.8, 4) is 0 Å². The van der Waals surface area contributed by atoms with E-state index in [1.165, 1.54) is 186 Å². The first-order chi connectivity index (χ1) is 29.3. The zero-order chi connectivity index (χ0) is 44.0. The number of rotatable bonds is 48. The molecule has 60 heavy (non-hydrogen) atoms. The van der Waals surface area contributed by atoms with Gasteiger partial charge in [0, 0.05) is 19.3 Å². The first-order valence-corrected chi connectivity index (χ1v) is 26.8. The van der Waals surface area contributed by atoms with Crippen molar-refractivity contribution < 1.29 is 28.6 Å². The number of hydrogen-bond donors (Lipinski definition) is 0. The van der Waals surface area contributed by atoms with Crippen LogP contribution in [0.15, 0.2) is 0 Å². The van der Waals surface area contributed by atoms with E-state index in [9.17, 15) is 14.4 Å². The summed E-state index contributed by atoms with van der Waals surface area (Å²) in [6.07, 6.45) is 48.0. The fourth-order valence-electron chi connectivity index (χ4n) is 8.10. The second kappa shape index (κ2) is 46.9. The molecule has 0 aliphatic carbocycles. The molecule has 0 radical (unpaired) electrons. The molecule has 6 heteroatoms. The van der Waals surface area contributed by atoms with E-state index in [-0.39, 0.29) is 31.1 Å². The standard InChI is InChI=1S/C54H104O6/c1-6-9-10-11-12-13-14-15-16-17-18-19-20-21-25-28-34-39-44-52(55)58-47-51(60-54(57)46-41-36-31-30-33-38-43-50(5)8-3)48-59-53(56)45-40-35-29-26-23-22-24-27-32-37-42-49(4)7-2/h49-51H,6-48H2,1-5H3/t49?,50?,51-/m1/s1. The summed E-state index contributed by atoms with van der Waals surface area (Å²) in [6, 6.07) is 0. The summed E-state index contributed by atoms with van der Waals surface area (Å²) in [6.45, 7) is 11.4. The van der Waals surface area contributed by atoms with E-state index in [4.69, 9.17) is 14.2 Å². The Morgan fingerprint density at radius 2 is 0.583 bits per heavy atom. The summed E-state index contributed by atoms with van der Waals surface area (Å²) in [7, 11) is 0. The number of carbonyl (C=O) groups is 3. The summed E-state index contributed by atoms with van der Waals surface area (Å²) >= 11 is 0. The molecule has 0 heterocycles. The molecule has 0 saturated carbocycles. The minimum atomic E-state index is -0.763. The van der Waals surface area contributed by atoms with Crippen molar-refractivity contribution in [1.29, 1.82) is 0 Å². The smallest absolute Gasteiger partial charge is 0.306 e. The molecule has 0 aliphatic rings. The van der Waals surface area contributed by atoms with Crippen LogP contribution >= 0.6 is 0 Å². The molecule has 0 bridgehead atoms. The number of esters is 3. The molecule has 0 fully saturated rings. The second-order valence-corrected chi connectivity index (χ2v) is 19.0. The van der Waals surface area contributed by atoms with Gasteiger partial charge in [-0.25, -0.2) is 0 Å². The van der Waals surface area contributed by atoms with Gasteiger partial charge in [-0.1, -0.05) is 259 Å². The third kappa shape index (κ3) is 44.5. The molecular weight excluding hydrogens is 745 g/mol. The van der Waals surface area contributed by atoms with Gasteiger partial charge < -0.3 is 14.2 Å². The van der Waals surface area contributed by atoms with Gasteiger partial charge in [0.1, 0.15) is 13.2 Å². The molecule has 0 aromatic heterocycles. The van der Waals surface area contributed by atoms with Crippen molar-refractivity contribution in [2.24, 2.45) is 11.8 Å². The van der Waals surface area contributed by atoms with Gasteiger partial charge in [0.25, 0.3) is 0 Å². The molecular formula is C54H104O6. The van der Waals surface area contributed by atoms with Crippen LogP contribution in [0.1, 0.15) is 298 Å². The Bertz CT molecular complexity index is 920. The van der Waals surface area contributed by atoms with Crippen LogP contribution in [0.3, 0.4) is 0 Å². The van der Waals surface area contributed by atoms with Crippen LogP contribution in [0.25, 0.3) is 0 Å². The third-order valence-corrected chi connectivity index (χ3v) is 12.9. The SMILES string of the molecule is CCCCCCCCCCCCCCCCCCCCC(=O)OC[C@H](COC(=O)CCCCCCCCCCCCC(C)CC)OC(=O)CCCCCCCCC(C)CC. The largest absolute Gasteiger partial charge is 0.462 e. The Kier molecular flexibility index (Phi) is 45.7. The highest BCUT2D eigenvalue weighted by atomic mass is 16.6. The lowest BCUT2D eigenvalue weighted by atomic mass is 9.99. The highest BCUT2D eigenvalue weighted by Gasteiger charge is 2.19. The normalized spacial score (nSPS) is 12.9. The number of hydrogen-bond acceptors (Lipinski definition) is 6. The molecule has 0 amide bonds. The van der Waals surface area contributed by atoms with Crippen LogP contribution in [0.4, 0.5) is 0 Å². The zero-order valence-electron chi connectivity index (χ0n) is 41.1. The Balaban J connectivity index is 4.25. The predicted octanol–water partition coefficient (Wildman–Crippen LogP) is 17.3. The minimum Gasteiger partial charge on any atom is -0.462 e. The van der Waals surface area contributed by atoms with Gasteiger partial charge in [-0.3, -0.25) is 14.4 Å². The van der Waals surface area contributed by atoms with Crippen LogP contribution in [0.5, 0.6) is 0 Å². The molecule has 0 aromatic carbocycles. The zero-order valence-corrected chi connectivity index (χ0v) is 41.1. The summed E-state index contributed by atoms with van der Waals surface area (Å²) in [5.74, 6) is 0.829. The highest BCUT2D eigenvalue weighted by molar-refractivity contribution is 5.71. The Morgan fingerprint density at radius 1 is 0.333 bits per heavy atom. The predicted molar refractivity (Wildman–Crippen MR) is 256 cm³/mol. The summed E-state index contributed by atoms with van der Waals surface area (Å²) < 4.78 is 16.8. The van der Waals surface area contributed by atoms with Gasteiger partial charge in [0.15, 0.2) is 6.10 Å². The van der Waals surface area contributed by atoms with E-state index in [1.807, 2.05) is 0 Å². The first-order valence-electron chi connectivity index (χ1n) is 26.8. The van der Waals surface area contributed by atoms with E-state index in [0.717, 1.165) is 69.6 Å². The number of carbonyl (C=O) groups excluding carboxylic acids is 3. The van der Waals surface area contributed by atoms with Gasteiger partial charge in [0.2, 0.25) is 0 Å². The fraction of sp³-hybridized carbons (Fsp3) is 0.944. The Labute approximate surface area is 374 Å². The van der Waals surface area contributed by atoms with Crippen molar-refractivity contribution in [2.75, 3.05) is 13.2 Å². The van der Waals surface area contributed by atoms with Crippen molar-refractivity contribution >= 4 is 17.9 Å². The maximum absolute atomic E-state index is 12.8. The Morgan fingerprint density at radius 3 is 0.867 bits per heavy atom. The monoisotopic (exact) mass is 849 g/mol. The summed E-state index contributed by atoms with van der Waals surface area (Å²) in [4.78, 5) is 38.0. The molecule has 0 rings (SSSR count). The van der Waals surface area contributed by atoms with Gasteiger partial charge >= 0.3 is 17.9 Å². The second-order valence-electron chi connectivity index (χ2n) is 19.0. The number of unbranched alkanes of at least 4 members (excludes halogenated alkanes) is 31. The molecule has 356 valence electrons. The molecule has 0 aromatic rings. The summed E-state index contributed by atoms with van der Waals surface area (Å²) in [5.41, 5.74) is 0. The van der Waals surface area contributed by atoms with Crippen LogP contribution in [0.2, 0.25) is 0 Å². The topological polar surface area (TPSA) is 78.9 Å². The van der Waals surface area contributed by atoms with Gasteiger partial charge in [-0.2, -0.15) is 0 Å². The Hall–Kier alpha value is -1.59. The van der Waals surface area contributed by atoms with Crippen molar-refractivity contribution in [2.45, 2.75) is 304 Å². The van der Waals surface area contributed by atoms with Gasteiger partial charge in [0.05, 0.1) is 0 Å². The van der Waals surface area contributed by atoms with E-state index in [1.54, 1.807) is 0 Å². The van der Waals surface area contributed by atoms with Crippen LogP contribution in [-0.4, -0.2) is 37.2 Å². The van der Waals surface area contributed by atoms with Crippen molar-refractivity contribution in [3.63, 3.8) is 0 Å². The van der Waals surface area contributed by atoms with Crippen LogP contribution in [0, 0.1) is 11.8 Å². The van der Waals surface area contributed by atoms with Crippen LogP contribution < -0.4 is 0 Å². The molecule has 3 atom stereocenters. The molecule has 0 spiro atoms. The molecule has 6 nitrogen and oxygen atoms in total. The lowest BCUT2D eigenvalue weighted by Gasteiger charge is -2.18. The summed E-state index contributed by atoms with van der Waals surface area (Å²) in [5, 5.41) is 0. The molecule has 2 unspecified atom stereocenters. The minimum absolute atomic E-state index is 0.0645. The quantitative estimate of drug-likeness (QED) is 0.0345. The highest BCUT2D eigenvalue weighted by Crippen LogP contribution is 2.18. The first kappa shape index (κ1) is 58.4. The average molecular weight is 849 g/mol. The third-order valence-electron chi connectivity index (χ3n) is 12.9. The van der Waals surface area contributed by atoms with Crippen molar-refractivity contribution in [1.82, 2.24) is 0 Å². The molecule has 0 N–H and O–H groups in total. The van der Waals surface area contributed by atoms with E-state index < -0.39 is 6.10 Å². The molecule has 0 saturated heterocycles. The van der Waals surface area contributed by atoms with E-state index in [0.29, 0.717) is 19.3 Å². The number of ether oxygens (including phenoxy) is 3. The van der Waals surface area contributed by atoms with Crippen molar-refractivity contribution in [3.05, 3.63) is 0 Å². The average Bonchev–Trinajstić information content (AvgIpc) is 3.25. The maximum atomic E-state index is 12.8. The van der Waals surface area contributed by atoms with Gasteiger partial charge in [-0.05, 0) is 31.1 Å².